The summed E-state index contributed by atoms with van der Waals surface area (Å²) in [7, 11) is 3.05. The van der Waals surface area contributed by atoms with E-state index in [4.69, 9.17) is 14.2 Å². The Morgan fingerprint density at radius 3 is 2.45 bits per heavy atom. The number of benzene rings is 2. The Balaban J connectivity index is 2.12. The van der Waals surface area contributed by atoms with Crippen LogP contribution in [0, 0.1) is 0 Å². The van der Waals surface area contributed by atoms with Crippen LogP contribution in [0.2, 0.25) is 0 Å². The number of esters is 1. The summed E-state index contributed by atoms with van der Waals surface area (Å²) in [6.07, 6.45) is 1.70. The van der Waals surface area contributed by atoms with Crippen molar-refractivity contribution < 1.29 is 24.1 Å². The fraction of sp³-hybridized carbons (Fsp3) is 0.118. The van der Waals surface area contributed by atoms with Crippen molar-refractivity contribution >= 4 is 17.6 Å². The number of fused-ring (bicyclic) bond motifs is 1. The average molecular weight is 298 g/mol. The molecule has 0 bridgehead atoms. The average Bonchev–Trinajstić information content (AvgIpc) is 2.84. The lowest BCUT2D eigenvalue weighted by molar-refractivity contribution is -0.127. The molecule has 0 radical (unpaired) electrons. The van der Waals surface area contributed by atoms with Gasteiger partial charge in [-0.15, -0.1) is 0 Å². The summed E-state index contributed by atoms with van der Waals surface area (Å²) in [6, 6.07) is 9.93. The van der Waals surface area contributed by atoms with Crippen molar-refractivity contribution in [1.29, 1.82) is 0 Å². The number of carbonyl (C=O) groups excluding carboxylic acids is 1. The van der Waals surface area contributed by atoms with Crippen molar-refractivity contribution in [3.05, 3.63) is 47.5 Å². The van der Waals surface area contributed by atoms with E-state index in [1.807, 2.05) is 0 Å². The van der Waals surface area contributed by atoms with Gasteiger partial charge in [-0.2, -0.15) is 0 Å². The molecule has 1 heterocycles. The minimum atomic E-state index is -0.449. The van der Waals surface area contributed by atoms with Crippen LogP contribution in [0.1, 0.15) is 11.1 Å². The lowest BCUT2D eigenvalue weighted by atomic mass is 10.0. The monoisotopic (exact) mass is 298 g/mol. The maximum Gasteiger partial charge on any atom is 0.344 e. The van der Waals surface area contributed by atoms with Gasteiger partial charge >= 0.3 is 5.97 Å². The summed E-state index contributed by atoms with van der Waals surface area (Å²) in [5.74, 6) is 1.12. The molecule has 0 aliphatic carbocycles. The van der Waals surface area contributed by atoms with Crippen LogP contribution in [-0.4, -0.2) is 25.3 Å². The molecule has 0 unspecified atom stereocenters. The molecular weight excluding hydrogens is 284 g/mol. The van der Waals surface area contributed by atoms with E-state index >= 15 is 0 Å². The molecule has 3 rings (SSSR count). The van der Waals surface area contributed by atoms with E-state index in [-0.39, 0.29) is 5.75 Å². The number of phenols is 1. The summed E-state index contributed by atoms with van der Waals surface area (Å²) < 4.78 is 15.8. The third kappa shape index (κ3) is 2.37. The largest absolute Gasteiger partial charge is 0.508 e. The Morgan fingerprint density at radius 2 is 1.82 bits per heavy atom. The number of methoxy groups -OCH3 is 2. The van der Waals surface area contributed by atoms with Gasteiger partial charge in [0.05, 0.1) is 19.8 Å². The number of hydrogen-bond donors (Lipinski definition) is 1. The first-order valence-corrected chi connectivity index (χ1v) is 6.61. The van der Waals surface area contributed by atoms with Crippen molar-refractivity contribution in [1.82, 2.24) is 0 Å². The fourth-order valence-electron chi connectivity index (χ4n) is 2.28. The highest BCUT2D eigenvalue weighted by atomic mass is 16.6. The molecule has 0 saturated heterocycles. The van der Waals surface area contributed by atoms with E-state index in [1.165, 1.54) is 7.11 Å². The molecule has 2 aromatic carbocycles. The maximum atomic E-state index is 12.1. The molecule has 112 valence electrons. The van der Waals surface area contributed by atoms with Gasteiger partial charge in [0.1, 0.15) is 11.5 Å². The Labute approximate surface area is 127 Å². The van der Waals surface area contributed by atoms with Crippen LogP contribution < -0.4 is 14.2 Å². The highest BCUT2D eigenvalue weighted by Gasteiger charge is 2.31. The van der Waals surface area contributed by atoms with Crippen molar-refractivity contribution in [2.75, 3.05) is 14.2 Å². The topological polar surface area (TPSA) is 65.0 Å². The molecule has 0 fully saturated rings. The molecular formula is C17H14O5. The minimum absolute atomic E-state index is 0.167. The quantitative estimate of drug-likeness (QED) is 0.536. The van der Waals surface area contributed by atoms with E-state index in [2.05, 4.69) is 0 Å². The van der Waals surface area contributed by atoms with Crippen LogP contribution in [0.4, 0.5) is 0 Å². The summed E-state index contributed by atoms with van der Waals surface area (Å²) in [5.41, 5.74) is 1.81. The Kier molecular flexibility index (Phi) is 3.47. The number of carbonyl (C=O) groups is 1. The molecule has 2 aromatic rings. The van der Waals surface area contributed by atoms with Gasteiger partial charge in [0.25, 0.3) is 0 Å². The molecule has 22 heavy (non-hydrogen) atoms. The SMILES string of the molecule is COc1cc(OC)c2c(c1)/C(=C/c1ccc(O)cc1)C(=O)O2. The van der Waals surface area contributed by atoms with Crippen LogP contribution in [0.5, 0.6) is 23.0 Å². The van der Waals surface area contributed by atoms with E-state index < -0.39 is 5.97 Å². The van der Waals surface area contributed by atoms with Gasteiger partial charge in [-0.05, 0) is 29.8 Å². The Bertz CT molecular complexity index is 759. The van der Waals surface area contributed by atoms with Gasteiger partial charge in [0.15, 0.2) is 11.5 Å². The van der Waals surface area contributed by atoms with Crippen LogP contribution in [-0.2, 0) is 4.79 Å². The zero-order chi connectivity index (χ0) is 15.7. The van der Waals surface area contributed by atoms with Crippen molar-refractivity contribution in [3.63, 3.8) is 0 Å². The van der Waals surface area contributed by atoms with E-state index in [0.717, 1.165) is 5.56 Å². The minimum Gasteiger partial charge on any atom is -0.508 e. The standard InChI is InChI=1S/C17H14O5/c1-20-12-8-13-14(7-10-3-5-11(18)6-4-10)17(19)22-16(13)15(9-12)21-2/h3-9,18H,1-2H3/b14-7-. The van der Waals surface area contributed by atoms with E-state index in [9.17, 15) is 9.90 Å². The summed E-state index contributed by atoms with van der Waals surface area (Å²) in [4.78, 5) is 12.1. The van der Waals surface area contributed by atoms with Gasteiger partial charge in [-0.3, -0.25) is 0 Å². The third-order valence-electron chi connectivity index (χ3n) is 3.39. The van der Waals surface area contributed by atoms with Crippen LogP contribution >= 0.6 is 0 Å². The third-order valence-corrected chi connectivity index (χ3v) is 3.39. The van der Waals surface area contributed by atoms with Gasteiger partial charge in [-0.25, -0.2) is 4.79 Å². The lowest BCUT2D eigenvalue weighted by Gasteiger charge is -2.08. The number of hydrogen-bond acceptors (Lipinski definition) is 5. The molecule has 0 amide bonds. The molecule has 5 nitrogen and oxygen atoms in total. The van der Waals surface area contributed by atoms with Crippen molar-refractivity contribution in [2.24, 2.45) is 0 Å². The second-order valence-electron chi connectivity index (χ2n) is 4.75. The lowest BCUT2D eigenvalue weighted by Crippen LogP contribution is -2.00. The highest BCUT2D eigenvalue weighted by molar-refractivity contribution is 6.26. The van der Waals surface area contributed by atoms with Crippen molar-refractivity contribution in [3.8, 4) is 23.0 Å². The Hall–Kier alpha value is -2.95. The highest BCUT2D eigenvalue weighted by Crippen LogP contribution is 2.44. The van der Waals surface area contributed by atoms with Crippen molar-refractivity contribution in [2.45, 2.75) is 0 Å². The number of ether oxygens (including phenoxy) is 3. The van der Waals surface area contributed by atoms with E-state index in [0.29, 0.717) is 28.4 Å². The smallest absolute Gasteiger partial charge is 0.344 e. The Morgan fingerprint density at radius 1 is 1.09 bits per heavy atom. The molecule has 1 aliphatic rings. The van der Waals surface area contributed by atoms with Crippen LogP contribution in [0.3, 0.4) is 0 Å². The summed E-state index contributed by atoms with van der Waals surface area (Å²) >= 11 is 0. The van der Waals surface area contributed by atoms with Gasteiger partial charge in [-0.1, -0.05) is 12.1 Å². The fourth-order valence-corrected chi connectivity index (χ4v) is 2.28. The zero-order valence-corrected chi connectivity index (χ0v) is 12.1. The van der Waals surface area contributed by atoms with E-state index in [1.54, 1.807) is 49.6 Å². The molecule has 0 atom stereocenters. The second-order valence-corrected chi connectivity index (χ2v) is 4.75. The molecule has 0 saturated carbocycles. The van der Waals surface area contributed by atoms with Crippen LogP contribution in [0.15, 0.2) is 36.4 Å². The first-order valence-electron chi connectivity index (χ1n) is 6.61. The second kappa shape index (κ2) is 5.44. The first-order chi connectivity index (χ1) is 10.6. The molecule has 0 spiro atoms. The number of aromatic hydroxyl groups is 1. The summed E-state index contributed by atoms with van der Waals surface area (Å²) in [6.45, 7) is 0. The van der Waals surface area contributed by atoms with Gasteiger partial charge in [0, 0.05) is 11.6 Å². The molecule has 5 heteroatoms. The van der Waals surface area contributed by atoms with Crippen LogP contribution in [0.25, 0.3) is 11.6 Å². The first kappa shape index (κ1) is 14.0. The maximum absolute atomic E-state index is 12.1. The normalized spacial score (nSPS) is 14.6. The molecule has 0 aromatic heterocycles. The number of phenolic OH excluding ortho intramolecular Hbond substituents is 1. The predicted molar refractivity (Wildman–Crippen MR) is 81.2 cm³/mol. The molecule has 1 aliphatic heterocycles. The predicted octanol–water partition coefficient (Wildman–Crippen LogP) is 2.87. The zero-order valence-electron chi connectivity index (χ0n) is 12.1. The number of rotatable bonds is 3. The molecule has 1 N–H and O–H groups in total. The van der Waals surface area contributed by atoms with Gasteiger partial charge in [0.2, 0.25) is 0 Å². The van der Waals surface area contributed by atoms with Gasteiger partial charge < -0.3 is 19.3 Å². The summed E-state index contributed by atoms with van der Waals surface area (Å²) in [5, 5.41) is 9.32.